The zero-order valence-electron chi connectivity index (χ0n) is 14.3. The van der Waals surface area contributed by atoms with Crippen LogP contribution in [0, 0.1) is 0 Å². The predicted octanol–water partition coefficient (Wildman–Crippen LogP) is 4.15. The molecular formula is C16H30N4S. The predicted molar refractivity (Wildman–Crippen MR) is 95.6 cm³/mol. The first kappa shape index (κ1) is 18.1. The molecule has 0 spiro atoms. The van der Waals surface area contributed by atoms with E-state index in [2.05, 4.69) is 62.1 Å². The highest BCUT2D eigenvalue weighted by Crippen LogP contribution is 2.23. The highest BCUT2D eigenvalue weighted by atomic mass is 32.2. The maximum absolute atomic E-state index is 4.69. The van der Waals surface area contributed by atoms with Gasteiger partial charge in [0.25, 0.3) is 0 Å². The van der Waals surface area contributed by atoms with Gasteiger partial charge in [0, 0.05) is 24.1 Å². The Hall–Kier alpha value is -0.970. The SMILES string of the molecule is CCNc1cc(NC(C)CCSCC)nc(C(C)(C)C)n1. The maximum Gasteiger partial charge on any atom is 0.138 e. The maximum atomic E-state index is 4.69. The van der Waals surface area contributed by atoms with E-state index in [1.54, 1.807) is 0 Å². The van der Waals surface area contributed by atoms with E-state index in [1.807, 2.05) is 17.8 Å². The molecule has 0 aliphatic heterocycles. The van der Waals surface area contributed by atoms with Gasteiger partial charge in [-0.15, -0.1) is 0 Å². The van der Waals surface area contributed by atoms with Crippen LogP contribution in [0.25, 0.3) is 0 Å². The Morgan fingerprint density at radius 1 is 1.19 bits per heavy atom. The standard InChI is InChI=1S/C16H30N4S/c1-7-17-13-11-14(18-12(3)9-10-21-8-2)20-15(19-13)16(4,5)6/h11-12H,7-10H2,1-6H3,(H2,17,18,19,20). The van der Waals surface area contributed by atoms with Crippen LogP contribution in [0.1, 0.15) is 53.8 Å². The van der Waals surface area contributed by atoms with Gasteiger partial charge in [-0.1, -0.05) is 27.7 Å². The van der Waals surface area contributed by atoms with Gasteiger partial charge in [-0.2, -0.15) is 11.8 Å². The van der Waals surface area contributed by atoms with Crippen molar-refractivity contribution in [1.29, 1.82) is 0 Å². The molecular weight excluding hydrogens is 280 g/mol. The van der Waals surface area contributed by atoms with Gasteiger partial charge >= 0.3 is 0 Å². The highest BCUT2D eigenvalue weighted by molar-refractivity contribution is 7.99. The van der Waals surface area contributed by atoms with E-state index in [0.29, 0.717) is 6.04 Å². The molecule has 0 saturated carbocycles. The van der Waals surface area contributed by atoms with Crippen LogP contribution in [0.3, 0.4) is 0 Å². The summed E-state index contributed by atoms with van der Waals surface area (Å²) in [6.45, 7) is 13.8. The summed E-state index contributed by atoms with van der Waals surface area (Å²) in [4.78, 5) is 9.30. The van der Waals surface area contributed by atoms with Crippen LogP contribution < -0.4 is 10.6 Å². The van der Waals surface area contributed by atoms with E-state index in [-0.39, 0.29) is 5.41 Å². The van der Waals surface area contributed by atoms with E-state index >= 15 is 0 Å². The van der Waals surface area contributed by atoms with Gasteiger partial charge in [0.1, 0.15) is 17.5 Å². The van der Waals surface area contributed by atoms with Crippen LogP contribution in [0.5, 0.6) is 0 Å². The third kappa shape index (κ3) is 6.55. The zero-order valence-corrected chi connectivity index (χ0v) is 15.1. The average molecular weight is 311 g/mol. The lowest BCUT2D eigenvalue weighted by molar-refractivity contribution is 0.546. The number of hydrogen-bond acceptors (Lipinski definition) is 5. The van der Waals surface area contributed by atoms with Gasteiger partial charge < -0.3 is 10.6 Å². The van der Waals surface area contributed by atoms with E-state index in [9.17, 15) is 0 Å². The smallest absolute Gasteiger partial charge is 0.138 e. The Labute approximate surface area is 133 Å². The van der Waals surface area contributed by atoms with Crippen molar-refractivity contribution < 1.29 is 0 Å². The van der Waals surface area contributed by atoms with E-state index in [1.165, 1.54) is 11.5 Å². The summed E-state index contributed by atoms with van der Waals surface area (Å²) < 4.78 is 0. The van der Waals surface area contributed by atoms with Crippen LogP contribution >= 0.6 is 11.8 Å². The molecule has 0 aromatic carbocycles. The molecule has 1 aromatic rings. The van der Waals surface area contributed by atoms with Crippen LogP contribution in [0.2, 0.25) is 0 Å². The molecule has 0 fully saturated rings. The van der Waals surface area contributed by atoms with E-state index in [0.717, 1.165) is 30.4 Å². The van der Waals surface area contributed by atoms with Crippen LogP contribution in [-0.2, 0) is 5.41 Å². The number of thioether (sulfide) groups is 1. The molecule has 4 nitrogen and oxygen atoms in total. The first-order valence-corrected chi connectivity index (χ1v) is 9.00. The number of hydrogen-bond donors (Lipinski definition) is 2. The normalized spacial score (nSPS) is 13.0. The summed E-state index contributed by atoms with van der Waals surface area (Å²) in [5.74, 6) is 5.05. The summed E-state index contributed by atoms with van der Waals surface area (Å²) in [6, 6.07) is 2.42. The lowest BCUT2D eigenvalue weighted by Gasteiger charge is -2.21. The summed E-state index contributed by atoms with van der Waals surface area (Å²) >= 11 is 1.98. The van der Waals surface area contributed by atoms with Crippen LogP contribution in [-0.4, -0.2) is 34.1 Å². The molecule has 0 aliphatic rings. The average Bonchev–Trinajstić information content (AvgIpc) is 2.38. The fourth-order valence-corrected chi connectivity index (χ4v) is 2.67. The fourth-order valence-electron chi connectivity index (χ4n) is 1.86. The quantitative estimate of drug-likeness (QED) is 0.706. The van der Waals surface area contributed by atoms with Crippen molar-refractivity contribution in [1.82, 2.24) is 9.97 Å². The summed E-state index contributed by atoms with van der Waals surface area (Å²) in [5, 5.41) is 6.80. The molecule has 5 heteroatoms. The van der Waals surface area contributed by atoms with E-state index in [4.69, 9.17) is 0 Å². The molecule has 21 heavy (non-hydrogen) atoms. The number of rotatable bonds is 8. The van der Waals surface area contributed by atoms with Crippen LogP contribution in [0.15, 0.2) is 6.07 Å². The molecule has 0 bridgehead atoms. The molecule has 0 saturated heterocycles. The molecule has 0 amide bonds. The molecule has 1 aromatic heterocycles. The number of aromatic nitrogens is 2. The van der Waals surface area contributed by atoms with Crippen molar-refractivity contribution in [3.8, 4) is 0 Å². The van der Waals surface area contributed by atoms with Gasteiger partial charge in [0.2, 0.25) is 0 Å². The summed E-state index contributed by atoms with van der Waals surface area (Å²) in [7, 11) is 0. The van der Waals surface area contributed by atoms with Crippen molar-refractivity contribution in [2.75, 3.05) is 28.7 Å². The Morgan fingerprint density at radius 2 is 1.86 bits per heavy atom. The number of nitrogens with one attached hydrogen (secondary N) is 2. The van der Waals surface area contributed by atoms with Crippen molar-refractivity contribution in [3.05, 3.63) is 11.9 Å². The first-order chi connectivity index (χ1) is 9.86. The second kappa shape index (κ2) is 8.47. The first-order valence-electron chi connectivity index (χ1n) is 7.84. The summed E-state index contributed by atoms with van der Waals surface area (Å²) in [5.41, 5.74) is -0.0524. The third-order valence-corrected chi connectivity index (χ3v) is 3.98. The summed E-state index contributed by atoms with van der Waals surface area (Å²) in [6.07, 6.45) is 1.14. The minimum absolute atomic E-state index is 0.0524. The minimum atomic E-state index is -0.0524. The molecule has 1 unspecified atom stereocenters. The Bertz CT molecular complexity index is 429. The van der Waals surface area contributed by atoms with Gasteiger partial charge in [0.05, 0.1) is 0 Å². The lowest BCUT2D eigenvalue weighted by atomic mass is 9.96. The number of anilines is 2. The minimum Gasteiger partial charge on any atom is -0.370 e. The van der Waals surface area contributed by atoms with Crippen molar-refractivity contribution in [2.24, 2.45) is 0 Å². The second-order valence-corrected chi connectivity index (χ2v) is 7.67. The molecule has 1 heterocycles. The molecule has 1 rings (SSSR count). The molecule has 0 aliphatic carbocycles. The van der Waals surface area contributed by atoms with Crippen molar-refractivity contribution >= 4 is 23.4 Å². The monoisotopic (exact) mass is 310 g/mol. The topological polar surface area (TPSA) is 49.8 Å². The third-order valence-electron chi connectivity index (χ3n) is 3.05. The fraction of sp³-hybridized carbons (Fsp3) is 0.750. The molecule has 120 valence electrons. The largest absolute Gasteiger partial charge is 0.370 e. The van der Waals surface area contributed by atoms with Gasteiger partial charge in [-0.05, 0) is 31.8 Å². The molecule has 1 atom stereocenters. The Balaban J connectivity index is 2.82. The van der Waals surface area contributed by atoms with Gasteiger partial charge in [-0.3, -0.25) is 0 Å². The van der Waals surface area contributed by atoms with Crippen LogP contribution in [0.4, 0.5) is 11.6 Å². The number of nitrogens with zero attached hydrogens (tertiary/aromatic N) is 2. The second-order valence-electron chi connectivity index (χ2n) is 6.27. The van der Waals surface area contributed by atoms with Gasteiger partial charge in [-0.25, -0.2) is 9.97 Å². The highest BCUT2D eigenvalue weighted by Gasteiger charge is 2.19. The van der Waals surface area contributed by atoms with Crippen molar-refractivity contribution in [3.63, 3.8) is 0 Å². The Morgan fingerprint density at radius 3 is 2.43 bits per heavy atom. The zero-order chi connectivity index (χ0) is 15.9. The van der Waals surface area contributed by atoms with E-state index < -0.39 is 0 Å². The van der Waals surface area contributed by atoms with Gasteiger partial charge in [0.15, 0.2) is 0 Å². The Kier molecular flexibility index (Phi) is 7.29. The molecule has 2 N–H and O–H groups in total. The molecule has 0 radical (unpaired) electrons. The lowest BCUT2D eigenvalue weighted by Crippen LogP contribution is -2.21. The van der Waals surface area contributed by atoms with Crippen molar-refractivity contribution in [2.45, 2.75) is 59.4 Å².